The predicted molar refractivity (Wildman–Crippen MR) is 89.5 cm³/mol. The van der Waals surface area contributed by atoms with E-state index < -0.39 is 12.1 Å². The lowest BCUT2D eigenvalue weighted by molar-refractivity contribution is -0.135. The monoisotopic (exact) mass is 332 g/mol. The van der Waals surface area contributed by atoms with Gasteiger partial charge in [-0.25, -0.2) is 4.79 Å². The van der Waals surface area contributed by atoms with Crippen LogP contribution in [-0.4, -0.2) is 23.9 Å². The van der Waals surface area contributed by atoms with Crippen LogP contribution in [-0.2, 0) is 16.0 Å². The van der Waals surface area contributed by atoms with Crippen LogP contribution < -0.4 is 15.4 Å². The first-order valence-corrected chi connectivity index (χ1v) is 8.24. The quantitative estimate of drug-likeness (QED) is 0.456. The molecule has 3 amide bonds. The van der Waals surface area contributed by atoms with Gasteiger partial charge in [-0.05, 0) is 36.0 Å². The Balaban J connectivity index is 1.84. The number of carbonyl (C=O) groups excluding carboxylic acids is 3. The number of benzene rings is 1. The number of hydrogen-bond acceptors (Lipinski definition) is 4. The molecule has 2 rings (SSSR count). The second-order valence-electron chi connectivity index (χ2n) is 6.78. The molecule has 2 atom stereocenters. The van der Waals surface area contributed by atoms with Gasteiger partial charge in [-0.15, -0.1) is 0 Å². The molecule has 0 saturated carbocycles. The average Bonchev–Trinajstić information content (AvgIpc) is 2.77. The zero-order valence-electron chi connectivity index (χ0n) is 14.3. The first-order valence-electron chi connectivity index (χ1n) is 8.24. The summed E-state index contributed by atoms with van der Waals surface area (Å²) in [4.78, 5) is 34.5. The molecule has 2 N–H and O–H groups in total. The number of carbonyl (C=O) groups is 3. The van der Waals surface area contributed by atoms with Gasteiger partial charge in [0.1, 0.15) is 11.8 Å². The number of imide groups is 1. The zero-order chi connectivity index (χ0) is 17.7. The first kappa shape index (κ1) is 18.0. The maximum absolute atomic E-state index is 11.9. The van der Waals surface area contributed by atoms with Gasteiger partial charge in [-0.1, -0.05) is 32.9 Å². The van der Waals surface area contributed by atoms with E-state index in [9.17, 15) is 14.4 Å². The van der Waals surface area contributed by atoms with Crippen molar-refractivity contribution < 1.29 is 19.1 Å². The van der Waals surface area contributed by atoms with Crippen molar-refractivity contribution >= 4 is 17.9 Å². The molecule has 6 heteroatoms. The minimum Gasteiger partial charge on any atom is -0.427 e. The Morgan fingerprint density at radius 1 is 1.17 bits per heavy atom. The third-order valence-corrected chi connectivity index (χ3v) is 3.84. The first-order chi connectivity index (χ1) is 11.3. The molecule has 1 aromatic carbocycles. The topological polar surface area (TPSA) is 84.5 Å². The van der Waals surface area contributed by atoms with Gasteiger partial charge < -0.3 is 10.1 Å². The smallest absolute Gasteiger partial charge is 0.322 e. The van der Waals surface area contributed by atoms with Gasteiger partial charge in [-0.2, -0.15) is 0 Å². The van der Waals surface area contributed by atoms with E-state index in [1.54, 1.807) is 24.3 Å². The normalized spacial score (nSPS) is 18.2. The molecule has 1 fully saturated rings. The number of amides is 3. The molecule has 130 valence electrons. The molecule has 1 aliphatic heterocycles. The van der Waals surface area contributed by atoms with Crippen LogP contribution in [0.25, 0.3) is 0 Å². The Labute approximate surface area is 142 Å². The molecular weight excluding hydrogens is 308 g/mol. The number of nitrogens with one attached hydrogen (secondary N) is 2. The van der Waals surface area contributed by atoms with Crippen LogP contribution in [0.2, 0.25) is 0 Å². The molecule has 1 saturated heterocycles. The van der Waals surface area contributed by atoms with Crippen molar-refractivity contribution in [2.75, 3.05) is 0 Å². The van der Waals surface area contributed by atoms with Crippen molar-refractivity contribution in [1.82, 2.24) is 10.6 Å². The lowest BCUT2D eigenvalue weighted by atomic mass is 9.96. The highest BCUT2D eigenvalue weighted by atomic mass is 16.5. The molecule has 0 aliphatic carbocycles. The van der Waals surface area contributed by atoms with Crippen LogP contribution in [0.3, 0.4) is 0 Å². The molecule has 1 heterocycles. The average molecular weight is 332 g/mol. The summed E-state index contributed by atoms with van der Waals surface area (Å²) in [6.07, 6.45) is 1.79. The highest BCUT2D eigenvalue weighted by Gasteiger charge is 2.29. The standard InChI is InChI=1S/C18H24N2O4/c1-11(2)8-12(3)9-16(21)24-14-6-4-13(5-7-14)10-15-17(22)20-18(23)19-15/h4-7,11-12,15H,8-10H2,1-3H3,(H2,19,20,22,23)/t12-,15-/m0/s1. The SMILES string of the molecule is CC(C)C[C@H](C)CC(=O)Oc1ccc(C[C@@H]2NC(=O)NC2=O)cc1. The van der Waals surface area contributed by atoms with E-state index >= 15 is 0 Å². The summed E-state index contributed by atoms with van der Waals surface area (Å²) < 4.78 is 5.34. The van der Waals surface area contributed by atoms with E-state index in [-0.39, 0.29) is 11.9 Å². The maximum atomic E-state index is 11.9. The lowest BCUT2D eigenvalue weighted by Gasteiger charge is -2.13. The largest absolute Gasteiger partial charge is 0.427 e. The van der Waals surface area contributed by atoms with Crippen molar-refractivity contribution in [3.8, 4) is 5.75 Å². The molecule has 0 bridgehead atoms. The van der Waals surface area contributed by atoms with E-state index in [1.165, 1.54) is 0 Å². The van der Waals surface area contributed by atoms with Crippen LogP contribution in [0.15, 0.2) is 24.3 Å². The van der Waals surface area contributed by atoms with Crippen LogP contribution >= 0.6 is 0 Å². The third kappa shape index (κ3) is 5.37. The van der Waals surface area contributed by atoms with Crippen molar-refractivity contribution in [2.24, 2.45) is 11.8 Å². The van der Waals surface area contributed by atoms with Gasteiger partial charge in [0.05, 0.1) is 0 Å². The Kier molecular flexibility index (Phi) is 5.95. The van der Waals surface area contributed by atoms with Crippen molar-refractivity contribution in [1.29, 1.82) is 0 Å². The fraction of sp³-hybridized carbons (Fsp3) is 0.500. The molecule has 0 spiro atoms. The Bertz CT molecular complexity index is 610. The van der Waals surface area contributed by atoms with Crippen molar-refractivity contribution in [2.45, 2.75) is 46.1 Å². The zero-order valence-corrected chi connectivity index (χ0v) is 14.3. The maximum Gasteiger partial charge on any atom is 0.322 e. The minimum absolute atomic E-state index is 0.238. The van der Waals surface area contributed by atoms with Crippen molar-refractivity contribution in [3.63, 3.8) is 0 Å². The molecule has 24 heavy (non-hydrogen) atoms. The number of ether oxygens (including phenoxy) is 1. The summed E-state index contributed by atoms with van der Waals surface area (Å²) in [7, 11) is 0. The molecular formula is C18H24N2O4. The second-order valence-corrected chi connectivity index (χ2v) is 6.78. The summed E-state index contributed by atoms with van der Waals surface area (Å²) in [6.45, 7) is 6.31. The number of urea groups is 1. The number of esters is 1. The Hall–Kier alpha value is -2.37. The second kappa shape index (κ2) is 7.95. The minimum atomic E-state index is -0.553. The highest BCUT2D eigenvalue weighted by molar-refractivity contribution is 6.04. The van der Waals surface area contributed by atoms with E-state index in [0.29, 0.717) is 30.4 Å². The van der Waals surface area contributed by atoms with E-state index in [1.807, 2.05) is 6.92 Å². The van der Waals surface area contributed by atoms with Crippen LogP contribution in [0.5, 0.6) is 5.75 Å². The third-order valence-electron chi connectivity index (χ3n) is 3.84. The molecule has 0 radical (unpaired) electrons. The molecule has 1 aliphatic rings. The van der Waals surface area contributed by atoms with Gasteiger partial charge in [0.2, 0.25) is 0 Å². The molecule has 1 aromatic rings. The summed E-state index contributed by atoms with van der Waals surface area (Å²) >= 11 is 0. The van der Waals surface area contributed by atoms with Crippen LogP contribution in [0.4, 0.5) is 4.79 Å². The molecule has 0 aromatic heterocycles. The van der Waals surface area contributed by atoms with Crippen LogP contribution in [0.1, 0.15) is 39.2 Å². The fourth-order valence-corrected chi connectivity index (χ4v) is 2.88. The summed E-state index contributed by atoms with van der Waals surface area (Å²) in [5.74, 6) is 0.773. The van der Waals surface area contributed by atoms with E-state index in [2.05, 4.69) is 24.5 Å². The summed E-state index contributed by atoms with van der Waals surface area (Å²) in [5, 5.41) is 4.75. The number of rotatable bonds is 7. The van der Waals surface area contributed by atoms with Gasteiger partial charge in [-0.3, -0.25) is 14.9 Å². The van der Waals surface area contributed by atoms with Crippen molar-refractivity contribution in [3.05, 3.63) is 29.8 Å². The van der Waals surface area contributed by atoms with Crippen LogP contribution in [0, 0.1) is 11.8 Å². The van der Waals surface area contributed by atoms with Gasteiger partial charge in [0, 0.05) is 12.8 Å². The highest BCUT2D eigenvalue weighted by Crippen LogP contribution is 2.18. The summed E-state index contributed by atoms with van der Waals surface area (Å²) in [6, 6.07) is 5.97. The van der Waals surface area contributed by atoms with E-state index in [0.717, 1.165) is 12.0 Å². The predicted octanol–water partition coefficient (Wildman–Crippen LogP) is 2.41. The number of hydrogen-bond donors (Lipinski definition) is 2. The van der Waals surface area contributed by atoms with Gasteiger partial charge in [0.25, 0.3) is 5.91 Å². The Morgan fingerprint density at radius 2 is 1.83 bits per heavy atom. The van der Waals surface area contributed by atoms with E-state index in [4.69, 9.17) is 4.74 Å². The fourth-order valence-electron chi connectivity index (χ4n) is 2.88. The molecule has 0 unspecified atom stereocenters. The Morgan fingerprint density at radius 3 is 2.38 bits per heavy atom. The van der Waals surface area contributed by atoms with Gasteiger partial charge >= 0.3 is 12.0 Å². The molecule has 6 nitrogen and oxygen atoms in total. The lowest BCUT2D eigenvalue weighted by Crippen LogP contribution is -2.31. The summed E-state index contributed by atoms with van der Waals surface area (Å²) in [5.41, 5.74) is 0.880. The van der Waals surface area contributed by atoms with Gasteiger partial charge in [0.15, 0.2) is 0 Å².